The van der Waals surface area contributed by atoms with Crippen molar-refractivity contribution in [1.82, 2.24) is 0 Å². The predicted molar refractivity (Wildman–Crippen MR) is 138 cm³/mol. The van der Waals surface area contributed by atoms with Crippen molar-refractivity contribution in [1.29, 1.82) is 0 Å². The van der Waals surface area contributed by atoms with Crippen LogP contribution in [-0.2, 0) is 33.3 Å². The first-order chi connectivity index (χ1) is 18.9. The van der Waals surface area contributed by atoms with Gasteiger partial charge >= 0.3 is 5.97 Å². The molecule has 15 atom stereocenters. The average molecular weight is 563 g/mol. The number of epoxide rings is 1. The molecule has 0 amide bonds. The molecular formula is C30H42O10. The molecule has 0 aromatic carbocycles. The summed E-state index contributed by atoms with van der Waals surface area (Å²) in [6, 6.07) is 0. The number of methoxy groups -OCH3 is 1. The first-order valence-electron chi connectivity index (χ1n) is 14.9. The van der Waals surface area contributed by atoms with E-state index in [9.17, 15) is 24.9 Å². The van der Waals surface area contributed by atoms with Gasteiger partial charge in [-0.15, -0.1) is 0 Å². The molecule has 2 saturated heterocycles. The van der Waals surface area contributed by atoms with E-state index in [-0.39, 0.29) is 30.0 Å². The van der Waals surface area contributed by atoms with Gasteiger partial charge in [-0.3, -0.25) is 4.79 Å². The fourth-order valence-corrected chi connectivity index (χ4v) is 10.2. The summed E-state index contributed by atoms with van der Waals surface area (Å²) >= 11 is 0. The number of carbonyl (C=O) groups excluding carboxylic acids is 2. The number of esters is 1. The van der Waals surface area contributed by atoms with Crippen molar-refractivity contribution in [3.05, 3.63) is 12.2 Å². The van der Waals surface area contributed by atoms with Gasteiger partial charge in [-0.25, -0.2) is 4.79 Å². The molecule has 4 aliphatic carbocycles. The van der Waals surface area contributed by atoms with Gasteiger partial charge in [0.2, 0.25) is 0 Å². The van der Waals surface area contributed by atoms with Crippen molar-refractivity contribution in [2.75, 3.05) is 7.11 Å². The number of carbonyl (C=O) groups is 2. The molecule has 0 aromatic rings. The molecule has 10 heteroatoms. The molecule has 1 spiro atoms. The highest BCUT2D eigenvalue weighted by molar-refractivity contribution is 5.93. The zero-order valence-electron chi connectivity index (χ0n) is 23.7. The number of cyclic esters (lactones) is 1. The second-order valence-electron chi connectivity index (χ2n) is 13.9. The molecule has 4 saturated carbocycles. The van der Waals surface area contributed by atoms with E-state index >= 15 is 0 Å². The van der Waals surface area contributed by atoms with Crippen LogP contribution < -0.4 is 0 Å². The molecule has 10 nitrogen and oxygen atoms in total. The second-order valence-corrected chi connectivity index (χ2v) is 13.9. The molecule has 3 heterocycles. The number of hydrogen-bond donors (Lipinski definition) is 3. The van der Waals surface area contributed by atoms with Gasteiger partial charge in [0, 0.05) is 31.4 Å². The summed E-state index contributed by atoms with van der Waals surface area (Å²) in [4.78, 5) is 26.0. The summed E-state index contributed by atoms with van der Waals surface area (Å²) in [6.45, 7) is 5.70. The van der Waals surface area contributed by atoms with Crippen molar-refractivity contribution in [2.45, 2.75) is 126 Å². The molecule has 0 aromatic heterocycles. The van der Waals surface area contributed by atoms with Crippen LogP contribution in [0.5, 0.6) is 0 Å². The lowest BCUT2D eigenvalue weighted by Crippen LogP contribution is -2.76. The van der Waals surface area contributed by atoms with E-state index in [1.165, 1.54) is 6.08 Å². The van der Waals surface area contributed by atoms with Crippen LogP contribution in [0.4, 0.5) is 0 Å². The number of aliphatic hydroxyl groups is 3. The molecule has 3 aliphatic heterocycles. The van der Waals surface area contributed by atoms with Crippen LogP contribution in [0.1, 0.15) is 65.7 Å². The van der Waals surface area contributed by atoms with E-state index in [1.54, 1.807) is 20.1 Å². The minimum absolute atomic E-state index is 0.0706. The maximum absolute atomic E-state index is 14.2. The third-order valence-electron chi connectivity index (χ3n) is 12.4. The highest BCUT2D eigenvalue weighted by Crippen LogP contribution is 2.76. The number of aliphatic hydroxyl groups excluding tert-OH is 2. The highest BCUT2D eigenvalue weighted by Gasteiger charge is 2.88. The van der Waals surface area contributed by atoms with Crippen LogP contribution in [-0.4, -0.2) is 94.4 Å². The van der Waals surface area contributed by atoms with Crippen LogP contribution in [0.25, 0.3) is 0 Å². The molecule has 40 heavy (non-hydrogen) atoms. The Morgan fingerprint density at radius 1 is 1.07 bits per heavy atom. The van der Waals surface area contributed by atoms with Crippen LogP contribution in [0.15, 0.2) is 12.2 Å². The Balaban J connectivity index is 1.14. The highest BCUT2D eigenvalue weighted by atomic mass is 16.7. The van der Waals surface area contributed by atoms with E-state index in [4.69, 9.17) is 23.7 Å². The largest absolute Gasteiger partial charge is 0.455 e. The van der Waals surface area contributed by atoms with Gasteiger partial charge in [0.15, 0.2) is 12.1 Å². The summed E-state index contributed by atoms with van der Waals surface area (Å²) in [5.41, 5.74) is -4.18. The second kappa shape index (κ2) is 8.81. The fraction of sp³-hybridized carbons (Fsp3) is 0.867. The molecule has 0 radical (unpaired) electrons. The molecule has 0 unspecified atom stereocenters. The Bertz CT molecular complexity index is 1130. The maximum atomic E-state index is 14.2. The molecule has 222 valence electrons. The maximum Gasteiger partial charge on any atom is 0.331 e. The minimum atomic E-state index is -1.46. The third-order valence-corrected chi connectivity index (χ3v) is 12.4. The Morgan fingerprint density at radius 2 is 1.85 bits per heavy atom. The van der Waals surface area contributed by atoms with Crippen LogP contribution in [0, 0.1) is 28.6 Å². The quantitative estimate of drug-likeness (QED) is 0.261. The van der Waals surface area contributed by atoms with Gasteiger partial charge in [0.1, 0.15) is 29.5 Å². The topological polar surface area (TPSA) is 144 Å². The Kier molecular flexibility index (Phi) is 6.04. The van der Waals surface area contributed by atoms with Crippen LogP contribution >= 0.6 is 0 Å². The predicted octanol–water partition coefficient (Wildman–Crippen LogP) is 1.42. The molecular weight excluding hydrogens is 520 g/mol. The summed E-state index contributed by atoms with van der Waals surface area (Å²) < 4.78 is 29.8. The van der Waals surface area contributed by atoms with E-state index < -0.39 is 70.5 Å². The van der Waals surface area contributed by atoms with Gasteiger partial charge in [-0.1, -0.05) is 6.92 Å². The summed E-state index contributed by atoms with van der Waals surface area (Å²) in [6.07, 6.45) is 3.10. The van der Waals surface area contributed by atoms with Gasteiger partial charge in [0.25, 0.3) is 0 Å². The molecule has 3 N–H and O–H groups in total. The summed E-state index contributed by atoms with van der Waals surface area (Å²) in [7, 11) is 1.58. The normalized spacial score (nSPS) is 58.5. The standard InChI is InChI=1S/C30H42O10/c1-14-23(32)19(36-4)13-22(37-14)38-16-7-9-27(2)15(11-16)12-20-30(40-20)25(27)24(33)26(34)28(3)17(8-10-29(28,30)35)18-5-6-21(31)39-18/h5-6,14-20,22-25,32-33,35H,7-13H2,1-4H3/t14-,15+,16+,17-,18+,19-,20+,22+,23-,24+,25+,27+,28+,29-,30+/m1/s1. The lowest BCUT2D eigenvalue weighted by atomic mass is 9.41. The van der Waals surface area contributed by atoms with Crippen LogP contribution in [0.2, 0.25) is 0 Å². The average Bonchev–Trinajstić information content (AvgIpc) is 3.36. The Labute approximate surface area is 234 Å². The zero-order valence-corrected chi connectivity index (χ0v) is 23.7. The van der Waals surface area contributed by atoms with Crippen LogP contribution in [0.3, 0.4) is 0 Å². The number of Topliss-reactive ketones (excluding diaryl/α,β-unsaturated/α-hetero) is 1. The molecule has 6 fully saturated rings. The summed E-state index contributed by atoms with van der Waals surface area (Å²) in [5, 5.41) is 34.6. The minimum Gasteiger partial charge on any atom is -0.455 e. The third kappa shape index (κ3) is 3.30. The molecule has 7 rings (SSSR count). The van der Waals surface area contributed by atoms with E-state index in [1.807, 2.05) is 6.92 Å². The lowest BCUT2D eigenvalue weighted by Gasteiger charge is -2.62. The Morgan fingerprint density at radius 3 is 2.55 bits per heavy atom. The van der Waals surface area contributed by atoms with Crippen molar-refractivity contribution < 1.29 is 48.6 Å². The van der Waals surface area contributed by atoms with E-state index in [0.717, 1.165) is 19.3 Å². The van der Waals surface area contributed by atoms with Crippen molar-refractivity contribution in [3.63, 3.8) is 0 Å². The number of rotatable bonds is 4. The smallest absolute Gasteiger partial charge is 0.331 e. The van der Waals surface area contributed by atoms with Gasteiger partial charge in [-0.2, -0.15) is 0 Å². The van der Waals surface area contributed by atoms with E-state index in [0.29, 0.717) is 25.7 Å². The number of hydrogen-bond acceptors (Lipinski definition) is 10. The SMILES string of the molecule is CO[C@@H]1C[C@H](O[C@H]2CC[C@@]3(C)[C@@H](C2)C[C@@H]2O[C@]24[C@H]3[C@H](O)C(=O)[C@]2(C)[C@@H]([C@@H]3C=CC(=O)O3)CC[C@]42O)O[C@H](C)[C@H]1O. The Hall–Kier alpha value is -1.40. The van der Waals surface area contributed by atoms with Crippen molar-refractivity contribution in [3.8, 4) is 0 Å². The number of fused-ring (bicyclic) bond motifs is 3. The lowest BCUT2D eigenvalue weighted by molar-refractivity contribution is -0.273. The van der Waals surface area contributed by atoms with Gasteiger partial charge < -0.3 is 39.0 Å². The monoisotopic (exact) mass is 562 g/mol. The fourth-order valence-electron chi connectivity index (χ4n) is 10.2. The number of ether oxygens (including phenoxy) is 5. The van der Waals surface area contributed by atoms with Crippen molar-refractivity contribution in [2.24, 2.45) is 28.6 Å². The van der Waals surface area contributed by atoms with Crippen molar-refractivity contribution >= 4 is 11.8 Å². The van der Waals surface area contributed by atoms with Gasteiger partial charge in [-0.05, 0) is 69.8 Å². The summed E-state index contributed by atoms with van der Waals surface area (Å²) in [5.74, 6) is -1.64. The molecule has 7 aliphatic rings. The number of ketones is 1. The zero-order chi connectivity index (χ0) is 28.4. The van der Waals surface area contributed by atoms with Gasteiger partial charge in [0.05, 0.1) is 29.8 Å². The molecule has 0 bridgehead atoms. The first-order valence-corrected chi connectivity index (χ1v) is 14.9. The van der Waals surface area contributed by atoms with E-state index in [2.05, 4.69) is 6.92 Å². The first kappa shape index (κ1) is 27.4.